The lowest BCUT2D eigenvalue weighted by Gasteiger charge is -2.17. The van der Waals surface area contributed by atoms with Gasteiger partial charge in [0.05, 0.1) is 11.6 Å². The quantitative estimate of drug-likeness (QED) is 0.860. The highest BCUT2D eigenvalue weighted by atomic mass is 32.1. The van der Waals surface area contributed by atoms with E-state index in [4.69, 9.17) is 5.11 Å². The molecule has 0 saturated heterocycles. The van der Waals surface area contributed by atoms with Crippen LogP contribution in [0.4, 0.5) is 0 Å². The fourth-order valence-electron chi connectivity index (χ4n) is 1.44. The summed E-state index contributed by atoms with van der Waals surface area (Å²) < 4.78 is 0. The SMILES string of the molecule is CCN(CCO)Cc1cnc(C(C)(C)C)s1. The fraction of sp³-hybridized carbons (Fsp3) is 0.750. The minimum Gasteiger partial charge on any atom is -0.395 e. The molecule has 0 unspecified atom stereocenters. The summed E-state index contributed by atoms with van der Waals surface area (Å²) in [5.74, 6) is 0. The summed E-state index contributed by atoms with van der Waals surface area (Å²) in [5, 5.41) is 10.1. The van der Waals surface area contributed by atoms with Crippen LogP contribution in [-0.2, 0) is 12.0 Å². The molecule has 1 aromatic rings. The Morgan fingerprint density at radius 2 is 2.12 bits per heavy atom. The molecule has 16 heavy (non-hydrogen) atoms. The van der Waals surface area contributed by atoms with Gasteiger partial charge in [0.25, 0.3) is 0 Å². The average molecular weight is 242 g/mol. The van der Waals surface area contributed by atoms with Crippen molar-refractivity contribution < 1.29 is 5.11 Å². The molecule has 0 aromatic carbocycles. The predicted octanol–water partition coefficient (Wildman–Crippen LogP) is 2.25. The highest BCUT2D eigenvalue weighted by molar-refractivity contribution is 7.11. The van der Waals surface area contributed by atoms with Gasteiger partial charge in [-0.15, -0.1) is 11.3 Å². The van der Waals surface area contributed by atoms with Crippen LogP contribution in [0.25, 0.3) is 0 Å². The Kier molecular flexibility index (Phi) is 4.89. The van der Waals surface area contributed by atoms with Gasteiger partial charge in [-0.1, -0.05) is 27.7 Å². The maximum Gasteiger partial charge on any atom is 0.0981 e. The number of hydrogen-bond donors (Lipinski definition) is 1. The van der Waals surface area contributed by atoms with Crippen molar-refractivity contribution in [2.75, 3.05) is 19.7 Å². The zero-order valence-electron chi connectivity index (χ0n) is 10.7. The van der Waals surface area contributed by atoms with Crippen LogP contribution in [0.3, 0.4) is 0 Å². The highest BCUT2D eigenvalue weighted by Gasteiger charge is 2.18. The maximum absolute atomic E-state index is 8.93. The molecule has 1 heterocycles. The average Bonchev–Trinajstić information content (AvgIpc) is 2.65. The molecule has 0 saturated carbocycles. The van der Waals surface area contributed by atoms with E-state index in [-0.39, 0.29) is 12.0 Å². The normalized spacial score (nSPS) is 12.4. The number of aromatic nitrogens is 1. The molecule has 1 N–H and O–H groups in total. The monoisotopic (exact) mass is 242 g/mol. The zero-order chi connectivity index (χ0) is 12.2. The van der Waals surface area contributed by atoms with Crippen molar-refractivity contribution in [3.63, 3.8) is 0 Å². The minimum absolute atomic E-state index is 0.136. The van der Waals surface area contributed by atoms with E-state index in [1.54, 1.807) is 11.3 Å². The predicted molar refractivity (Wildman–Crippen MR) is 68.9 cm³/mol. The first-order chi connectivity index (χ1) is 7.47. The molecule has 0 aliphatic rings. The highest BCUT2D eigenvalue weighted by Crippen LogP contribution is 2.27. The molecule has 92 valence electrons. The van der Waals surface area contributed by atoms with Crippen molar-refractivity contribution in [3.8, 4) is 0 Å². The summed E-state index contributed by atoms with van der Waals surface area (Å²) >= 11 is 1.77. The van der Waals surface area contributed by atoms with E-state index >= 15 is 0 Å². The Morgan fingerprint density at radius 1 is 1.44 bits per heavy atom. The van der Waals surface area contributed by atoms with Gasteiger partial charge in [0.2, 0.25) is 0 Å². The van der Waals surface area contributed by atoms with Crippen LogP contribution in [0.2, 0.25) is 0 Å². The van der Waals surface area contributed by atoms with Crippen molar-refractivity contribution in [3.05, 3.63) is 16.1 Å². The molecule has 3 nitrogen and oxygen atoms in total. The van der Waals surface area contributed by atoms with Crippen molar-refractivity contribution in [1.29, 1.82) is 0 Å². The van der Waals surface area contributed by atoms with Crippen LogP contribution < -0.4 is 0 Å². The van der Waals surface area contributed by atoms with Crippen molar-refractivity contribution >= 4 is 11.3 Å². The third-order valence-electron chi connectivity index (χ3n) is 2.44. The number of aliphatic hydroxyl groups is 1. The van der Waals surface area contributed by atoms with Gasteiger partial charge in [-0.25, -0.2) is 4.98 Å². The first-order valence-electron chi connectivity index (χ1n) is 5.75. The van der Waals surface area contributed by atoms with Crippen molar-refractivity contribution in [2.45, 2.75) is 39.7 Å². The minimum atomic E-state index is 0.136. The van der Waals surface area contributed by atoms with E-state index in [2.05, 4.69) is 37.6 Å². The molecular weight excluding hydrogens is 220 g/mol. The van der Waals surface area contributed by atoms with Gasteiger partial charge in [0, 0.05) is 29.6 Å². The lowest BCUT2D eigenvalue weighted by Crippen LogP contribution is -2.25. The van der Waals surface area contributed by atoms with Gasteiger partial charge in [0.1, 0.15) is 0 Å². The Bertz CT molecular complexity index is 317. The van der Waals surface area contributed by atoms with Crippen LogP contribution in [0.15, 0.2) is 6.20 Å². The van der Waals surface area contributed by atoms with Gasteiger partial charge in [-0.3, -0.25) is 4.90 Å². The second-order valence-corrected chi connectivity index (χ2v) is 6.09. The summed E-state index contributed by atoms with van der Waals surface area (Å²) in [6.45, 7) is 11.5. The molecule has 0 spiro atoms. The lowest BCUT2D eigenvalue weighted by molar-refractivity contribution is 0.198. The number of rotatable bonds is 5. The van der Waals surface area contributed by atoms with E-state index in [0.29, 0.717) is 0 Å². The Balaban J connectivity index is 2.64. The Hall–Kier alpha value is -0.450. The van der Waals surface area contributed by atoms with Crippen molar-refractivity contribution in [1.82, 2.24) is 9.88 Å². The van der Waals surface area contributed by atoms with E-state index in [9.17, 15) is 0 Å². The van der Waals surface area contributed by atoms with E-state index in [0.717, 1.165) is 19.6 Å². The Morgan fingerprint density at radius 3 is 2.56 bits per heavy atom. The summed E-state index contributed by atoms with van der Waals surface area (Å²) in [6.07, 6.45) is 1.96. The summed E-state index contributed by atoms with van der Waals surface area (Å²) in [4.78, 5) is 7.96. The van der Waals surface area contributed by atoms with Crippen LogP contribution in [0, 0.1) is 0 Å². The molecule has 0 atom stereocenters. The zero-order valence-corrected chi connectivity index (χ0v) is 11.5. The molecule has 0 fully saturated rings. The molecule has 4 heteroatoms. The second kappa shape index (κ2) is 5.75. The van der Waals surface area contributed by atoms with E-state index < -0.39 is 0 Å². The van der Waals surface area contributed by atoms with Gasteiger partial charge in [-0.05, 0) is 6.54 Å². The van der Waals surface area contributed by atoms with Gasteiger partial charge in [0.15, 0.2) is 0 Å². The number of thiazole rings is 1. The number of hydrogen-bond acceptors (Lipinski definition) is 4. The molecule has 1 aromatic heterocycles. The topological polar surface area (TPSA) is 36.4 Å². The number of aliphatic hydroxyl groups excluding tert-OH is 1. The fourth-order valence-corrected chi connectivity index (χ4v) is 2.45. The number of nitrogens with zero attached hydrogens (tertiary/aromatic N) is 2. The largest absolute Gasteiger partial charge is 0.395 e. The van der Waals surface area contributed by atoms with Gasteiger partial charge in [-0.2, -0.15) is 0 Å². The lowest BCUT2D eigenvalue weighted by atomic mass is 9.98. The van der Waals surface area contributed by atoms with Crippen molar-refractivity contribution in [2.24, 2.45) is 0 Å². The maximum atomic E-state index is 8.93. The van der Waals surface area contributed by atoms with Crippen LogP contribution in [-0.4, -0.2) is 34.7 Å². The molecule has 0 amide bonds. The van der Waals surface area contributed by atoms with Crippen LogP contribution >= 0.6 is 11.3 Å². The third kappa shape index (κ3) is 3.85. The first kappa shape index (κ1) is 13.6. The van der Waals surface area contributed by atoms with Gasteiger partial charge >= 0.3 is 0 Å². The third-order valence-corrected chi connectivity index (χ3v) is 3.85. The Labute approximate surface area is 102 Å². The molecule has 1 rings (SSSR count). The summed E-state index contributed by atoms with van der Waals surface area (Å²) in [7, 11) is 0. The molecule has 0 aliphatic carbocycles. The summed E-state index contributed by atoms with van der Waals surface area (Å²) in [5.41, 5.74) is 0.136. The first-order valence-corrected chi connectivity index (χ1v) is 6.57. The smallest absolute Gasteiger partial charge is 0.0981 e. The molecule has 0 bridgehead atoms. The second-order valence-electron chi connectivity index (χ2n) is 4.97. The van der Waals surface area contributed by atoms with E-state index in [1.165, 1.54) is 9.88 Å². The van der Waals surface area contributed by atoms with E-state index in [1.807, 2.05) is 6.20 Å². The number of likely N-dealkylation sites (N-methyl/N-ethyl adjacent to an activating group) is 1. The molecule has 0 radical (unpaired) electrons. The summed E-state index contributed by atoms with van der Waals surface area (Å²) in [6, 6.07) is 0. The molecule has 0 aliphatic heterocycles. The van der Waals surface area contributed by atoms with Crippen LogP contribution in [0.1, 0.15) is 37.6 Å². The molecular formula is C12H22N2OS. The van der Waals surface area contributed by atoms with Gasteiger partial charge < -0.3 is 5.11 Å². The standard InChI is InChI=1S/C12H22N2OS/c1-5-14(6-7-15)9-10-8-13-11(16-10)12(2,3)4/h8,15H,5-7,9H2,1-4H3. The van der Waals surface area contributed by atoms with Crippen LogP contribution in [0.5, 0.6) is 0 Å².